The number of esters is 1. The second-order valence-corrected chi connectivity index (χ2v) is 9.14. The number of aliphatic hydroxyl groups is 1. The Labute approximate surface area is 195 Å². The van der Waals surface area contributed by atoms with E-state index in [1.54, 1.807) is 36.7 Å². The van der Waals surface area contributed by atoms with E-state index in [4.69, 9.17) is 4.74 Å². The average molecular weight is 447 g/mol. The molecule has 0 aliphatic carbocycles. The lowest BCUT2D eigenvalue weighted by Gasteiger charge is -2.41. The summed E-state index contributed by atoms with van der Waals surface area (Å²) < 4.78 is 6.87. The van der Waals surface area contributed by atoms with Crippen molar-refractivity contribution in [2.45, 2.75) is 37.4 Å². The number of carbonyl (C=O) groups is 1. The smallest absolute Gasteiger partial charge is 0.347 e. The van der Waals surface area contributed by atoms with E-state index in [9.17, 15) is 9.90 Å². The first kappa shape index (κ1) is 23.1. The number of aryl methyl sites for hydroxylation is 1. The van der Waals surface area contributed by atoms with Crippen molar-refractivity contribution >= 4 is 5.97 Å². The first-order valence-electron chi connectivity index (χ1n) is 11.6. The molecule has 6 nitrogen and oxygen atoms in total. The molecule has 0 radical (unpaired) electrons. The fourth-order valence-corrected chi connectivity index (χ4v) is 4.61. The van der Waals surface area contributed by atoms with Gasteiger partial charge in [0, 0.05) is 37.9 Å². The zero-order valence-electron chi connectivity index (χ0n) is 19.1. The van der Waals surface area contributed by atoms with Crippen molar-refractivity contribution < 1.29 is 19.1 Å². The molecule has 0 spiro atoms. The number of hydrogen-bond acceptors (Lipinski definition) is 5. The highest BCUT2D eigenvalue weighted by Gasteiger charge is 2.43. The normalized spacial score (nSPS) is 20.8. The lowest BCUT2D eigenvalue weighted by Crippen LogP contribution is -2.52. The summed E-state index contributed by atoms with van der Waals surface area (Å²) in [4.78, 5) is 21.8. The van der Waals surface area contributed by atoms with Crippen LogP contribution >= 0.6 is 0 Å². The molecule has 1 aliphatic rings. The molecule has 3 aromatic rings. The van der Waals surface area contributed by atoms with E-state index < -0.39 is 11.6 Å². The van der Waals surface area contributed by atoms with Gasteiger partial charge in [-0.2, -0.15) is 0 Å². The monoisotopic (exact) mass is 446 g/mol. The Morgan fingerprint density at radius 3 is 2.18 bits per heavy atom. The minimum Gasteiger partial charge on any atom is -0.459 e. The van der Waals surface area contributed by atoms with Crippen molar-refractivity contribution in [2.75, 3.05) is 26.7 Å². The topological polar surface area (TPSA) is 72.3 Å². The highest BCUT2D eigenvalue weighted by molar-refractivity contribution is 5.85. The number of aromatic nitrogens is 2. The van der Waals surface area contributed by atoms with Crippen molar-refractivity contribution in [2.24, 2.45) is 0 Å². The molecule has 1 aliphatic heterocycles. The molecular formula is C27H32N3O3+. The summed E-state index contributed by atoms with van der Waals surface area (Å²) >= 11 is 0. The van der Waals surface area contributed by atoms with E-state index in [1.807, 2.05) is 42.6 Å². The number of benzene rings is 2. The van der Waals surface area contributed by atoms with E-state index in [-0.39, 0.29) is 6.10 Å². The van der Waals surface area contributed by atoms with Crippen LogP contribution in [0.1, 0.15) is 36.1 Å². The third kappa shape index (κ3) is 5.46. The van der Waals surface area contributed by atoms with Gasteiger partial charge in [0.1, 0.15) is 6.10 Å². The molecule has 1 aromatic heterocycles. The number of carbonyl (C=O) groups excluding carboxylic acids is 1. The van der Waals surface area contributed by atoms with Gasteiger partial charge in [-0.25, -0.2) is 4.79 Å². The molecule has 2 heterocycles. The van der Waals surface area contributed by atoms with Gasteiger partial charge in [-0.05, 0) is 17.5 Å². The lowest BCUT2D eigenvalue weighted by molar-refractivity contribution is -0.915. The van der Waals surface area contributed by atoms with Gasteiger partial charge in [0.2, 0.25) is 5.60 Å². The third-order valence-corrected chi connectivity index (χ3v) is 6.68. The Morgan fingerprint density at radius 1 is 1.03 bits per heavy atom. The number of hydrogen-bond donors (Lipinski definition) is 1. The molecule has 4 rings (SSSR count). The van der Waals surface area contributed by atoms with Crippen LogP contribution in [0, 0.1) is 0 Å². The molecule has 2 aromatic carbocycles. The number of likely N-dealkylation sites (tertiary alicyclic amines) is 1. The van der Waals surface area contributed by atoms with E-state index in [2.05, 4.69) is 17.0 Å². The minimum atomic E-state index is -1.82. The maximum absolute atomic E-state index is 13.3. The summed E-state index contributed by atoms with van der Waals surface area (Å²) in [6.45, 7) is 2.93. The molecule has 33 heavy (non-hydrogen) atoms. The average Bonchev–Trinajstić information content (AvgIpc) is 2.87. The van der Waals surface area contributed by atoms with Crippen LogP contribution in [0.3, 0.4) is 0 Å². The van der Waals surface area contributed by atoms with Gasteiger partial charge in [0.15, 0.2) is 0 Å². The number of piperidine rings is 1. The standard InChI is InChI=1S/C27H32N3O3/c1-30(18-8-13-24-21-28-16-17-29-24)19-14-25(15-20-30)33-26(31)27(32,22-9-4-2-5-10-22)23-11-6-3-7-12-23/h2-7,9-12,16-17,21,25,32H,8,13-15,18-20H2,1H3/q+1. The molecule has 0 atom stereocenters. The summed E-state index contributed by atoms with van der Waals surface area (Å²) in [6.07, 6.45) is 8.59. The second-order valence-electron chi connectivity index (χ2n) is 9.14. The molecule has 6 heteroatoms. The summed E-state index contributed by atoms with van der Waals surface area (Å²) in [5.41, 5.74) is 0.229. The van der Waals surface area contributed by atoms with Crippen LogP contribution in [-0.2, 0) is 21.6 Å². The van der Waals surface area contributed by atoms with Crippen LogP contribution in [0.2, 0.25) is 0 Å². The molecule has 0 amide bonds. The van der Waals surface area contributed by atoms with Gasteiger partial charge in [-0.1, -0.05) is 60.7 Å². The van der Waals surface area contributed by atoms with E-state index in [0.29, 0.717) is 11.1 Å². The van der Waals surface area contributed by atoms with Crippen molar-refractivity contribution in [1.29, 1.82) is 0 Å². The highest BCUT2D eigenvalue weighted by atomic mass is 16.6. The molecule has 0 bridgehead atoms. The first-order valence-corrected chi connectivity index (χ1v) is 11.6. The zero-order valence-corrected chi connectivity index (χ0v) is 19.1. The maximum atomic E-state index is 13.3. The molecule has 172 valence electrons. The summed E-state index contributed by atoms with van der Waals surface area (Å²) in [6, 6.07) is 18.1. The van der Waals surface area contributed by atoms with Crippen molar-refractivity contribution in [3.63, 3.8) is 0 Å². The van der Waals surface area contributed by atoms with Crippen LogP contribution in [0.25, 0.3) is 0 Å². The van der Waals surface area contributed by atoms with Gasteiger partial charge in [-0.3, -0.25) is 9.97 Å². The first-order chi connectivity index (χ1) is 16.0. The zero-order chi connectivity index (χ0) is 23.2. The van der Waals surface area contributed by atoms with Crippen LogP contribution in [-0.4, -0.2) is 58.3 Å². The predicted octanol–water partition coefficient (Wildman–Crippen LogP) is 3.50. The van der Waals surface area contributed by atoms with Gasteiger partial charge < -0.3 is 14.3 Å². The Kier molecular flexibility index (Phi) is 7.16. The molecule has 1 saturated heterocycles. The second kappa shape index (κ2) is 10.2. The molecule has 0 unspecified atom stereocenters. The van der Waals surface area contributed by atoms with E-state index in [1.165, 1.54) is 0 Å². The molecule has 1 fully saturated rings. The van der Waals surface area contributed by atoms with Gasteiger partial charge >= 0.3 is 5.97 Å². The van der Waals surface area contributed by atoms with E-state index in [0.717, 1.165) is 55.5 Å². The molecular weight excluding hydrogens is 414 g/mol. The number of ether oxygens (including phenoxy) is 1. The lowest BCUT2D eigenvalue weighted by atomic mass is 9.86. The van der Waals surface area contributed by atoms with Crippen LogP contribution in [0.5, 0.6) is 0 Å². The number of rotatable bonds is 8. The van der Waals surface area contributed by atoms with Gasteiger partial charge in [0.05, 0.1) is 32.4 Å². The Hall–Kier alpha value is -3.09. The Morgan fingerprint density at radius 2 is 1.64 bits per heavy atom. The predicted molar refractivity (Wildman–Crippen MR) is 126 cm³/mol. The molecule has 0 saturated carbocycles. The summed E-state index contributed by atoms with van der Waals surface area (Å²) in [5, 5.41) is 11.6. The van der Waals surface area contributed by atoms with Crippen molar-refractivity contribution in [3.05, 3.63) is 96.1 Å². The van der Waals surface area contributed by atoms with Crippen LogP contribution in [0.4, 0.5) is 0 Å². The third-order valence-electron chi connectivity index (χ3n) is 6.68. The van der Waals surface area contributed by atoms with Gasteiger partial charge in [-0.15, -0.1) is 0 Å². The van der Waals surface area contributed by atoms with Gasteiger partial charge in [0.25, 0.3) is 0 Å². The number of nitrogens with zero attached hydrogens (tertiary/aromatic N) is 3. The Bertz CT molecular complexity index is 981. The largest absolute Gasteiger partial charge is 0.459 e. The SMILES string of the molecule is C[N+]1(CCCc2cnccn2)CCC(OC(=O)C(O)(c2ccccc2)c2ccccc2)CC1. The van der Waals surface area contributed by atoms with E-state index >= 15 is 0 Å². The van der Waals surface area contributed by atoms with Crippen LogP contribution in [0.15, 0.2) is 79.3 Å². The molecule has 1 N–H and O–H groups in total. The fraction of sp³-hybridized carbons (Fsp3) is 0.370. The summed E-state index contributed by atoms with van der Waals surface area (Å²) in [5.74, 6) is -0.608. The number of quaternary nitrogens is 1. The minimum absolute atomic E-state index is 0.192. The highest BCUT2D eigenvalue weighted by Crippen LogP contribution is 2.32. The Balaban J connectivity index is 1.37. The summed E-state index contributed by atoms with van der Waals surface area (Å²) in [7, 11) is 2.26. The van der Waals surface area contributed by atoms with Crippen molar-refractivity contribution in [3.8, 4) is 0 Å². The van der Waals surface area contributed by atoms with Crippen molar-refractivity contribution in [1.82, 2.24) is 9.97 Å². The fourth-order valence-electron chi connectivity index (χ4n) is 4.61. The quantitative estimate of drug-likeness (QED) is 0.424. The maximum Gasteiger partial charge on any atom is 0.347 e. The van der Waals surface area contributed by atoms with Crippen LogP contribution < -0.4 is 0 Å².